The van der Waals surface area contributed by atoms with Gasteiger partial charge >= 0.3 is 0 Å². The minimum Gasteiger partial charge on any atom is -0.496 e. The van der Waals surface area contributed by atoms with E-state index in [0.29, 0.717) is 35.0 Å². The lowest BCUT2D eigenvalue weighted by Crippen LogP contribution is -2.38. The molecule has 214 valence electrons. The van der Waals surface area contributed by atoms with Crippen molar-refractivity contribution in [1.29, 1.82) is 0 Å². The van der Waals surface area contributed by atoms with E-state index in [1.165, 1.54) is 13.2 Å². The number of ether oxygens (including phenoxy) is 2. The van der Waals surface area contributed by atoms with Gasteiger partial charge in [0.1, 0.15) is 23.2 Å². The highest BCUT2D eigenvalue weighted by molar-refractivity contribution is 6.33. The average molecular weight is 579 g/mol. The molecule has 2 aliphatic heterocycles. The molecule has 0 spiro atoms. The number of piperidine rings is 1. The first kappa shape index (κ1) is 27.4. The Hall–Kier alpha value is -3.73. The maximum atomic E-state index is 14.8. The lowest BCUT2D eigenvalue weighted by atomic mass is 10.0. The number of β-amino-alcohol motifs (C(OH)–C–C–N with tert-alkyl or cyclic N) is 1. The van der Waals surface area contributed by atoms with Crippen molar-refractivity contribution in [2.75, 3.05) is 43.6 Å². The molecule has 2 aliphatic rings. The summed E-state index contributed by atoms with van der Waals surface area (Å²) in [4.78, 5) is 11.5. The number of halogens is 2. The first-order valence-electron chi connectivity index (χ1n) is 13.8. The molecule has 1 aromatic carbocycles. The van der Waals surface area contributed by atoms with Crippen molar-refractivity contribution >= 4 is 28.9 Å². The summed E-state index contributed by atoms with van der Waals surface area (Å²) in [6, 6.07) is 10.2. The van der Waals surface area contributed by atoms with E-state index in [2.05, 4.69) is 26.5 Å². The van der Waals surface area contributed by atoms with E-state index < -0.39 is 11.9 Å². The fourth-order valence-electron chi connectivity index (χ4n) is 5.52. The molecule has 11 heteroatoms. The van der Waals surface area contributed by atoms with Gasteiger partial charge in [-0.3, -0.25) is 4.68 Å². The Bertz CT molecular complexity index is 1530. The minimum absolute atomic E-state index is 0.191. The number of nitrogens with zero attached hydrogens (tertiary/aromatic N) is 5. The van der Waals surface area contributed by atoms with Gasteiger partial charge in [-0.2, -0.15) is 5.10 Å². The van der Waals surface area contributed by atoms with Gasteiger partial charge in [-0.25, -0.2) is 14.4 Å². The van der Waals surface area contributed by atoms with Gasteiger partial charge in [-0.1, -0.05) is 17.7 Å². The molecule has 0 radical (unpaired) electrons. The van der Waals surface area contributed by atoms with Crippen LogP contribution in [0.4, 0.5) is 21.7 Å². The van der Waals surface area contributed by atoms with E-state index in [1.807, 2.05) is 23.1 Å². The molecule has 2 N–H and O–H groups in total. The lowest BCUT2D eigenvalue weighted by Gasteiger charge is -2.33. The summed E-state index contributed by atoms with van der Waals surface area (Å²) in [6.07, 6.45) is 8.89. The molecule has 2 fully saturated rings. The van der Waals surface area contributed by atoms with E-state index in [4.69, 9.17) is 26.1 Å². The molecular formula is C30H32ClFN6O3. The fraction of sp³-hybridized carbons (Fsp3) is 0.367. The van der Waals surface area contributed by atoms with Crippen molar-refractivity contribution in [2.24, 2.45) is 0 Å². The number of pyridine rings is 2. The number of hydrogen-bond acceptors (Lipinski definition) is 8. The summed E-state index contributed by atoms with van der Waals surface area (Å²) in [5.41, 5.74) is 3.30. The van der Waals surface area contributed by atoms with Crippen LogP contribution in [-0.2, 0) is 4.74 Å². The Morgan fingerprint density at radius 3 is 2.78 bits per heavy atom. The third-order valence-electron chi connectivity index (χ3n) is 7.63. The third kappa shape index (κ3) is 5.86. The number of benzene rings is 1. The van der Waals surface area contributed by atoms with Crippen molar-refractivity contribution in [3.05, 3.63) is 65.8 Å². The van der Waals surface area contributed by atoms with Gasteiger partial charge < -0.3 is 24.8 Å². The van der Waals surface area contributed by atoms with Crippen LogP contribution in [0.1, 0.15) is 31.7 Å². The minimum atomic E-state index is -0.481. The number of anilines is 3. The zero-order valence-corrected chi connectivity index (χ0v) is 23.5. The molecule has 4 aromatic rings. The molecule has 0 amide bonds. The third-order valence-corrected chi connectivity index (χ3v) is 7.94. The number of aliphatic hydroxyl groups is 1. The van der Waals surface area contributed by atoms with Crippen LogP contribution in [0.3, 0.4) is 0 Å². The van der Waals surface area contributed by atoms with Gasteiger partial charge in [0.05, 0.1) is 47.4 Å². The first-order chi connectivity index (χ1) is 20.0. The Balaban J connectivity index is 1.34. The summed E-state index contributed by atoms with van der Waals surface area (Å²) in [5, 5.41) is 18.7. The molecule has 9 nitrogen and oxygen atoms in total. The average Bonchev–Trinajstić information content (AvgIpc) is 3.49. The number of hydrogen-bond donors (Lipinski definition) is 2. The van der Waals surface area contributed by atoms with Crippen molar-refractivity contribution in [2.45, 2.75) is 37.8 Å². The maximum Gasteiger partial charge on any atom is 0.136 e. The molecule has 41 heavy (non-hydrogen) atoms. The Labute approximate surface area is 242 Å². The zero-order valence-electron chi connectivity index (χ0n) is 22.8. The SMILES string of the molecule is COc1cccc(F)c1-c1nc(Nc2cc(N3CCC[C@H](O)C3)c(-c3cnn(C4CCOCC4)c3)cn2)ccc1Cl. The smallest absolute Gasteiger partial charge is 0.136 e. The zero-order chi connectivity index (χ0) is 28.3. The number of aromatic nitrogens is 4. The van der Waals surface area contributed by atoms with Crippen LogP contribution in [-0.4, -0.2) is 64.4 Å². The summed E-state index contributed by atoms with van der Waals surface area (Å²) in [7, 11) is 1.48. The molecule has 0 saturated carbocycles. The second-order valence-electron chi connectivity index (χ2n) is 10.4. The fourth-order valence-corrected chi connectivity index (χ4v) is 5.72. The highest BCUT2D eigenvalue weighted by Gasteiger charge is 2.24. The quantitative estimate of drug-likeness (QED) is 0.281. The first-order valence-corrected chi connectivity index (χ1v) is 14.2. The number of methoxy groups -OCH3 is 1. The van der Waals surface area contributed by atoms with E-state index in [1.54, 1.807) is 24.3 Å². The van der Waals surface area contributed by atoms with Gasteiger partial charge in [-0.15, -0.1) is 0 Å². The number of rotatable bonds is 7. The largest absolute Gasteiger partial charge is 0.496 e. The van der Waals surface area contributed by atoms with Crippen molar-refractivity contribution in [1.82, 2.24) is 19.7 Å². The normalized spacial score (nSPS) is 18.0. The van der Waals surface area contributed by atoms with Crippen LogP contribution < -0.4 is 15.0 Å². The predicted molar refractivity (Wildman–Crippen MR) is 156 cm³/mol. The summed E-state index contributed by atoms with van der Waals surface area (Å²) >= 11 is 6.45. The Kier molecular flexibility index (Phi) is 8.04. The van der Waals surface area contributed by atoms with Crippen molar-refractivity contribution in [3.63, 3.8) is 0 Å². The molecule has 0 aliphatic carbocycles. The van der Waals surface area contributed by atoms with Gasteiger partial charge in [0.25, 0.3) is 0 Å². The Morgan fingerprint density at radius 2 is 1.98 bits per heavy atom. The molecule has 0 unspecified atom stereocenters. The van der Waals surface area contributed by atoms with E-state index >= 15 is 0 Å². The predicted octanol–water partition coefficient (Wildman–Crippen LogP) is 5.86. The van der Waals surface area contributed by atoms with Gasteiger partial charge in [0, 0.05) is 55.9 Å². The molecule has 6 rings (SSSR count). The van der Waals surface area contributed by atoms with Crippen LogP contribution in [0.2, 0.25) is 5.02 Å². The van der Waals surface area contributed by atoms with Crippen LogP contribution in [0.5, 0.6) is 5.75 Å². The van der Waals surface area contributed by atoms with Crippen LogP contribution in [0, 0.1) is 5.82 Å². The van der Waals surface area contributed by atoms with E-state index in [-0.39, 0.29) is 11.3 Å². The Morgan fingerprint density at radius 1 is 1.12 bits per heavy atom. The molecule has 0 bridgehead atoms. The second kappa shape index (κ2) is 12.0. The molecular weight excluding hydrogens is 547 g/mol. The molecule has 1 atom stereocenters. The van der Waals surface area contributed by atoms with Gasteiger partial charge in [-0.05, 0) is 49.9 Å². The monoisotopic (exact) mass is 578 g/mol. The van der Waals surface area contributed by atoms with Crippen molar-refractivity contribution < 1.29 is 19.0 Å². The van der Waals surface area contributed by atoms with Crippen LogP contribution in [0.25, 0.3) is 22.4 Å². The summed E-state index contributed by atoms with van der Waals surface area (Å²) in [6.45, 7) is 2.82. The standard InChI is InChI=1S/C30H32ClFN6O3/c1-40-26-6-2-5-24(32)29(26)30-23(31)7-8-27(36-30)35-28-14-25(37-11-3-4-21(39)18-37)22(16-33-28)19-15-34-38(17-19)20-9-12-41-13-10-20/h2,5-8,14-17,20-21,39H,3-4,9-13,18H2,1H3,(H,33,35,36)/t21-/m0/s1. The maximum absolute atomic E-state index is 14.8. The van der Waals surface area contributed by atoms with Crippen molar-refractivity contribution in [3.8, 4) is 28.1 Å². The second-order valence-corrected chi connectivity index (χ2v) is 10.8. The van der Waals surface area contributed by atoms with Crippen LogP contribution >= 0.6 is 11.6 Å². The van der Waals surface area contributed by atoms with Gasteiger partial charge in [0.15, 0.2) is 0 Å². The molecule has 3 aromatic heterocycles. The summed E-state index contributed by atoms with van der Waals surface area (Å²) in [5.74, 6) is 0.866. The topological polar surface area (TPSA) is 97.6 Å². The highest BCUT2D eigenvalue weighted by Crippen LogP contribution is 2.38. The highest BCUT2D eigenvalue weighted by atomic mass is 35.5. The number of nitrogens with one attached hydrogen (secondary N) is 1. The lowest BCUT2D eigenvalue weighted by molar-refractivity contribution is 0.0662. The molecule has 5 heterocycles. The summed E-state index contributed by atoms with van der Waals surface area (Å²) < 4.78 is 27.7. The number of aliphatic hydroxyl groups excluding tert-OH is 1. The molecule has 2 saturated heterocycles. The van der Waals surface area contributed by atoms with E-state index in [9.17, 15) is 9.50 Å². The van der Waals surface area contributed by atoms with Crippen LogP contribution in [0.15, 0.2) is 55.0 Å². The van der Waals surface area contributed by atoms with E-state index in [0.717, 1.165) is 62.3 Å². The van der Waals surface area contributed by atoms with Gasteiger partial charge in [0.2, 0.25) is 0 Å².